The highest BCUT2D eigenvalue weighted by molar-refractivity contribution is 6.03. The Balaban J connectivity index is 2.23. The van der Waals surface area contributed by atoms with Gasteiger partial charge in [-0.1, -0.05) is 81.4 Å². The van der Waals surface area contributed by atoms with Crippen molar-refractivity contribution in [2.75, 3.05) is 0 Å². The van der Waals surface area contributed by atoms with Crippen LogP contribution in [0.3, 0.4) is 0 Å². The van der Waals surface area contributed by atoms with Gasteiger partial charge in [-0.2, -0.15) is 0 Å². The fourth-order valence-corrected chi connectivity index (χ4v) is 2.85. The van der Waals surface area contributed by atoms with Gasteiger partial charge in [-0.25, -0.2) is 0 Å². The minimum Gasteiger partial charge on any atom is -0.333 e. The van der Waals surface area contributed by atoms with E-state index in [1.54, 1.807) is 11.8 Å². The predicted octanol–water partition coefficient (Wildman–Crippen LogP) is 4.47. The van der Waals surface area contributed by atoms with Gasteiger partial charge in [0, 0.05) is 18.5 Å². The van der Waals surface area contributed by atoms with Crippen LogP contribution >= 0.6 is 0 Å². The van der Waals surface area contributed by atoms with Gasteiger partial charge in [-0.3, -0.25) is 9.59 Å². The lowest BCUT2D eigenvalue weighted by Gasteiger charge is -2.28. The van der Waals surface area contributed by atoms with Crippen LogP contribution in [0.15, 0.2) is 60.7 Å². The molecule has 25 heavy (non-hydrogen) atoms. The van der Waals surface area contributed by atoms with Crippen LogP contribution in [0.25, 0.3) is 0 Å². The molecule has 0 saturated carbocycles. The van der Waals surface area contributed by atoms with Crippen molar-refractivity contribution in [3.05, 3.63) is 71.8 Å². The molecule has 1 atom stereocenters. The molecule has 0 aliphatic heterocycles. The molecule has 2 rings (SSSR count). The molecular weight excluding hydrogens is 310 g/mol. The van der Waals surface area contributed by atoms with E-state index in [9.17, 15) is 9.59 Å². The summed E-state index contributed by atoms with van der Waals surface area (Å²) in [5.41, 5.74) is 1.59. The third-order valence-corrected chi connectivity index (χ3v) is 4.25. The first-order chi connectivity index (χ1) is 11.8. The predicted molar refractivity (Wildman–Crippen MR) is 101 cm³/mol. The second-order valence-electron chi connectivity index (χ2n) is 7.50. The largest absolute Gasteiger partial charge is 0.333 e. The van der Waals surface area contributed by atoms with E-state index >= 15 is 0 Å². The molecule has 0 aliphatic carbocycles. The zero-order valence-corrected chi connectivity index (χ0v) is 15.5. The molecule has 2 aromatic carbocycles. The highest BCUT2D eigenvalue weighted by atomic mass is 16.2. The van der Waals surface area contributed by atoms with Gasteiger partial charge in [0.15, 0.2) is 0 Å². The van der Waals surface area contributed by atoms with Crippen LogP contribution in [0, 0.1) is 11.3 Å². The van der Waals surface area contributed by atoms with Gasteiger partial charge < -0.3 is 4.90 Å². The first-order valence-electron chi connectivity index (χ1n) is 8.70. The zero-order valence-electron chi connectivity index (χ0n) is 15.5. The third-order valence-electron chi connectivity index (χ3n) is 4.25. The van der Waals surface area contributed by atoms with Gasteiger partial charge in [0.2, 0.25) is 5.91 Å². The van der Waals surface area contributed by atoms with Crippen LogP contribution in [-0.4, -0.2) is 16.6 Å². The van der Waals surface area contributed by atoms with Gasteiger partial charge in [0.1, 0.15) is 5.78 Å². The fourth-order valence-electron chi connectivity index (χ4n) is 2.85. The Morgan fingerprint density at radius 2 is 1.24 bits per heavy atom. The van der Waals surface area contributed by atoms with Crippen LogP contribution in [0.4, 0.5) is 0 Å². The number of nitrogens with zero attached hydrogens (tertiary/aromatic N) is 1. The maximum absolute atomic E-state index is 13.0. The summed E-state index contributed by atoms with van der Waals surface area (Å²) in [6, 6.07) is 19.8. The zero-order chi connectivity index (χ0) is 18.4. The van der Waals surface area contributed by atoms with Crippen molar-refractivity contribution in [1.29, 1.82) is 0 Å². The van der Waals surface area contributed by atoms with Crippen molar-refractivity contribution < 1.29 is 9.59 Å². The Morgan fingerprint density at radius 3 is 1.60 bits per heavy atom. The Labute approximate surface area is 150 Å². The lowest BCUT2D eigenvalue weighted by Crippen LogP contribution is -2.41. The van der Waals surface area contributed by atoms with Gasteiger partial charge in [0.05, 0.1) is 5.92 Å². The van der Waals surface area contributed by atoms with E-state index in [0.717, 1.165) is 11.1 Å². The summed E-state index contributed by atoms with van der Waals surface area (Å²) in [5.74, 6) is -0.788. The van der Waals surface area contributed by atoms with Crippen molar-refractivity contribution in [3.63, 3.8) is 0 Å². The van der Waals surface area contributed by atoms with Crippen LogP contribution in [-0.2, 0) is 22.7 Å². The average molecular weight is 337 g/mol. The summed E-state index contributed by atoms with van der Waals surface area (Å²) in [4.78, 5) is 27.4. The van der Waals surface area contributed by atoms with Crippen molar-refractivity contribution in [3.8, 4) is 0 Å². The molecule has 0 fully saturated rings. The molecular formula is C22H27NO2. The summed E-state index contributed by atoms with van der Waals surface area (Å²) < 4.78 is 0. The van der Waals surface area contributed by atoms with Crippen molar-refractivity contribution in [2.45, 2.75) is 40.8 Å². The normalized spacial score (nSPS) is 12.5. The standard InChI is InChI=1S/C22H27NO2/c1-17(20(24)22(2,3)4)21(25)23(15-18-11-7-5-8-12-18)16-19-13-9-6-10-14-19/h5-14,17H,15-16H2,1-4H3. The topological polar surface area (TPSA) is 37.4 Å². The third kappa shape index (κ3) is 5.28. The van der Waals surface area contributed by atoms with E-state index in [4.69, 9.17) is 0 Å². The Bertz CT molecular complexity index is 660. The number of hydrogen-bond donors (Lipinski definition) is 0. The minimum absolute atomic E-state index is 0.0244. The van der Waals surface area contributed by atoms with Gasteiger partial charge in [-0.15, -0.1) is 0 Å². The van der Waals surface area contributed by atoms with Crippen molar-refractivity contribution in [1.82, 2.24) is 4.90 Å². The first-order valence-corrected chi connectivity index (χ1v) is 8.70. The summed E-state index contributed by atoms with van der Waals surface area (Å²) in [7, 11) is 0. The number of carbonyl (C=O) groups is 2. The molecule has 1 unspecified atom stereocenters. The highest BCUT2D eigenvalue weighted by Gasteiger charge is 2.33. The number of benzene rings is 2. The summed E-state index contributed by atoms with van der Waals surface area (Å²) in [5, 5.41) is 0. The molecule has 2 aromatic rings. The fraction of sp³-hybridized carbons (Fsp3) is 0.364. The molecule has 0 bridgehead atoms. The van der Waals surface area contributed by atoms with Gasteiger partial charge in [-0.05, 0) is 18.1 Å². The minimum atomic E-state index is -0.646. The molecule has 0 spiro atoms. The van der Waals surface area contributed by atoms with E-state index in [1.807, 2.05) is 81.4 Å². The number of rotatable bonds is 6. The van der Waals surface area contributed by atoms with Crippen molar-refractivity contribution >= 4 is 11.7 Å². The van der Waals surface area contributed by atoms with Crippen LogP contribution < -0.4 is 0 Å². The summed E-state index contributed by atoms with van der Waals surface area (Å²) >= 11 is 0. The Morgan fingerprint density at radius 1 is 0.840 bits per heavy atom. The molecule has 132 valence electrons. The monoisotopic (exact) mass is 337 g/mol. The lowest BCUT2D eigenvalue weighted by atomic mass is 9.83. The maximum Gasteiger partial charge on any atom is 0.233 e. The van der Waals surface area contributed by atoms with E-state index in [0.29, 0.717) is 13.1 Å². The summed E-state index contributed by atoms with van der Waals surface area (Å²) in [6.45, 7) is 8.29. The number of ketones is 1. The smallest absolute Gasteiger partial charge is 0.233 e. The van der Waals surface area contributed by atoms with E-state index in [-0.39, 0.29) is 11.7 Å². The quantitative estimate of drug-likeness (QED) is 0.730. The van der Waals surface area contributed by atoms with Gasteiger partial charge in [0.25, 0.3) is 0 Å². The second-order valence-corrected chi connectivity index (χ2v) is 7.50. The van der Waals surface area contributed by atoms with Crippen molar-refractivity contribution in [2.24, 2.45) is 11.3 Å². The average Bonchev–Trinajstić information content (AvgIpc) is 2.60. The molecule has 0 aromatic heterocycles. The van der Waals surface area contributed by atoms with E-state index in [2.05, 4.69) is 0 Å². The van der Waals surface area contributed by atoms with Crippen LogP contribution in [0.1, 0.15) is 38.8 Å². The van der Waals surface area contributed by atoms with E-state index in [1.165, 1.54) is 0 Å². The highest BCUT2D eigenvalue weighted by Crippen LogP contribution is 2.23. The summed E-state index contributed by atoms with van der Waals surface area (Å²) in [6.07, 6.45) is 0. The molecule has 0 N–H and O–H groups in total. The SMILES string of the molecule is CC(C(=O)N(Cc1ccccc1)Cc1ccccc1)C(=O)C(C)(C)C. The molecule has 0 saturated heterocycles. The van der Waals surface area contributed by atoms with Crippen LogP contribution in [0.2, 0.25) is 0 Å². The first kappa shape index (κ1) is 18.9. The Kier molecular flexibility index (Phi) is 6.13. The Hall–Kier alpha value is -2.42. The maximum atomic E-state index is 13.0. The molecule has 0 heterocycles. The van der Waals surface area contributed by atoms with Crippen LogP contribution in [0.5, 0.6) is 0 Å². The molecule has 1 amide bonds. The second kappa shape index (κ2) is 8.11. The number of carbonyl (C=O) groups excluding carboxylic acids is 2. The molecule has 3 heteroatoms. The molecule has 0 aliphatic rings. The molecule has 0 radical (unpaired) electrons. The van der Waals surface area contributed by atoms with Gasteiger partial charge >= 0.3 is 0 Å². The number of amides is 1. The lowest BCUT2D eigenvalue weighted by molar-refractivity contribution is -0.144. The van der Waals surface area contributed by atoms with E-state index < -0.39 is 11.3 Å². The number of Topliss-reactive ketones (excluding diaryl/α,β-unsaturated/α-hetero) is 1. The number of hydrogen-bond acceptors (Lipinski definition) is 2. The molecule has 3 nitrogen and oxygen atoms in total.